The molecule has 0 aliphatic carbocycles. The number of ether oxygens (including phenoxy) is 1. The molecule has 2 rings (SSSR count). The zero-order valence-electron chi connectivity index (χ0n) is 13.5. The van der Waals surface area contributed by atoms with Crippen LogP contribution >= 0.6 is 28.3 Å². The molecule has 1 fully saturated rings. The predicted octanol–water partition coefficient (Wildman–Crippen LogP) is 2.26. The Balaban J connectivity index is 0.00000288. The molecule has 1 aliphatic heterocycles. The van der Waals surface area contributed by atoms with E-state index in [4.69, 9.17) is 9.84 Å². The van der Waals surface area contributed by atoms with E-state index in [0.29, 0.717) is 26.1 Å². The summed E-state index contributed by atoms with van der Waals surface area (Å²) >= 11 is 3.36. The van der Waals surface area contributed by atoms with E-state index < -0.39 is 12.0 Å². The van der Waals surface area contributed by atoms with Gasteiger partial charge in [-0.3, -0.25) is 14.5 Å². The number of likely N-dealkylation sites (tertiary alicyclic amines) is 1. The van der Waals surface area contributed by atoms with Crippen molar-refractivity contribution in [3.63, 3.8) is 0 Å². The lowest BCUT2D eigenvalue weighted by Gasteiger charge is -2.24. The summed E-state index contributed by atoms with van der Waals surface area (Å²) in [4.78, 5) is 26.6. The molecule has 0 radical (unpaired) electrons. The van der Waals surface area contributed by atoms with E-state index in [1.807, 2.05) is 24.3 Å². The maximum Gasteiger partial charge on any atom is 0.320 e. The van der Waals surface area contributed by atoms with Gasteiger partial charge in [0.05, 0.1) is 13.1 Å². The number of likely N-dealkylation sites (N-methyl/N-ethyl adjacent to an activating group) is 1. The Morgan fingerprint density at radius 1 is 1.38 bits per heavy atom. The lowest BCUT2D eigenvalue weighted by Crippen LogP contribution is -2.44. The van der Waals surface area contributed by atoms with Crippen molar-refractivity contribution in [2.24, 2.45) is 0 Å². The molecule has 1 aromatic carbocycles. The summed E-state index contributed by atoms with van der Waals surface area (Å²) in [6.07, 6.45) is 1.43. The molecule has 1 unspecified atom stereocenters. The maximum atomic E-state index is 12.2. The van der Waals surface area contributed by atoms with Gasteiger partial charge in [0, 0.05) is 11.5 Å². The number of nitrogens with zero attached hydrogens (tertiary/aromatic N) is 2. The maximum absolute atomic E-state index is 12.2. The number of benzene rings is 1. The number of aliphatic carboxylic acids is 1. The highest BCUT2D eigenvalue weighted by Gasteiger charge is 2.32. The Kier molecular flexibility index (Phi) is 8.52. The van der Waals surface area contributed by atoms with Gasteiger partial charge in [0.15, 0.2) is 0 Å². The van der Waals surface area contributed by atoms with Crippen LogP contribution in [0.3, 0.4) is 0 Å². The standard InChI is InChI=1S/C16H21BrN2O4.ClH/c1-18(9-10-23-13-6-4-12(17)5-7-13)15(20)11-19-8-2-3-14(19)16(21)22;/h4-7,14H,2-3,8-11H2,1H3,(H,21,22);1H. The minimum atomic E-state index is -0.850. The Bertz CT molecular complexity index is 556. The van der Waals surface area contributed by atoms with Gasteiger partial charge in [0.1, 0.15) is 18.4 Å². The molecule has 0 aromatic heterocycles. The lowest BCUT2D eigenvalue weighted by molar-refractivity contribution is -0.143. The first-order valence-electron chi connectivity index (χ1n) is 7.56. The number of hydrogen-bond acceptors (Lipinski definition) is 4. The monoisotopic (exact) mass is 420 g/mol. The summed E-state index contributed by atoms with van der Waals surface area (Å²) in [6.45, 7) is 1.66. The summed E-state index contributed by atoms with van der Waals surface area (Å²) in [7, 11) is 1.71. The molecule has 8 heteroatoms. The molecule has 1 N–H and O–H groups in total. The van der Waals surface area contributed by atoms with Crippen LogP contribution in [-0.2, 0) is 9.59 Å². The summed E-state index contributed by atoms with van der Waals surface area (Å²) < 4.78 is 6.57. The molecule has 1 aliphatic rings. The fourth-order valence-electron chi connectivity index (χ4n) is 2.55. The molecule has 0 bridgehead atoms. The number of carbonyl (C=O) groups excluding carboxylic acids is 1. The average molecular weight is 422 g/mol. The Hall–Kier alpha value is -1.31. The van der Waals surface area contributed by atoms with Gasteiger partial charge >= 0.3 is 5.97 Å². The molecule has 1 saturated heterocycles. The Morgan fingerprint density at radius 2 is 2.04 bits per heavy atom. The number of carboxylic acids is 1. The lowest BCUT2D eigenvalue weighted by atomic mass is 10.2. The van der Waals surface area contributed by atoms with Gasteiger partial charge in [-0.2, -0.15) is 0 Å². The molecular weight excluding hydrogens is 400 g/mol. The largest absolute Gasteiger partial charge is 0.492 e. The van der Waals surface area contributed by atoms with Crippen molar-refractivity contribution in [2.45, 2.75) is 18.9 Å². The van der Waals surface area contributed by atoms with Crippen LogP contribution in [0.1, 0.15) is 12.8 Å². The molecule has 0 spiro atoms. The smallest absolute Gasteiger partial charge is 0.320 e. The van der Waals surface area contributed by atoms with Gasteiger partial charge in [-0.05, 0) is 43.7 Å². The van der Waals surface area contributed by atoms with Crippen molar-refractivity contribution < 1.29 is 19.4 Å². The van der Waals surface area contributed by atoms with Crippen LogP contribution in [0.4, 0.5) is 0 Å². The van der Waals surface area contributed by atoms with E-state index in [0.717, 1.165) is 16.6 Å². The molecule has 24 heavy (non-hydrogen) atoms. The highest BCUT2D eigenvalue weighted by Crippen LogP contribution is 2.17. The van der Waals surface area contributed by atoms with Gasteiger partial charge < -0.3 is 14.7 Å². The van der Waals surface area contributed by atoms with Gasteiger partial charge in [-0.25, -0.2) is 0 Å². The normalized spacial score (nSPS) is 17.2. The predicted molar refractivity (Wildman–Crippen MR) is 96.8 cm³/mol. The van der Waals surface area contributed by atoms with Crippen molar-refractivity contribution in [3.05, 3.63) is 28.7 Å². The van der Waals surface area contributed by atoms with Crippen LogP contribution in [0.5, 0.6) is 5.75 Å². The highest BCUT2D eigenvalue weighted by molar-refractivity contribution is 9.10. The second-order valence-electron chi connectivity index (χ2n) is 5.58. The quantitative estimate of drug-likeness (QED) is 0.731. The van der Waals surface area contributed by atoms with E-state index in [1.54, 1.807) is 16.8 Å². The van der Waals surface area contributed by atoms with E-state index in [-0.39, 0.29) is 24.9 Å². The summed E-state index contributed by atoms with van der Waals surface area (Å²) in [5.41, 5.74) is 0. The average Bonchev–Trinajstić information content (AvgIpc) is 2.97. The first-order chi connectivity index (χ1) is 11.0. The van der Waals surface area contributed by atoms with Crippen molar-refractivity contribution in [1.29, 1.82) is 0 Å². The van der Waals surface area contributed by atoms with Crippen molar-refractivity contribution in [2.75, 3.05) is 33.3 Å². The molecule has 6 nitrogen and oxygen atoms in total. The number of hydrogen-bond donors (Lipinski definition) is 1. The zero-order valence-corrected chi connectivity index (χ0v) is 15.9. The van der Waals surface area contributed by atoms with E-state index in [1.165, 1.54) is 0 Å². The van der Waals surface area contributed by atoms with Crippen LogP contribution in [-0.4, -0.2) is 66.1 Å². The first-order valence-corrected chi connectivity index (χ1v) is 8.36. The van der Waals surface area contributed by atoms with Gasteiger partial charge in [0.2, 0.25) is 5.91 Å². The summed E-state index contributed by atoms with van der Waals surface area (Å²) in [6, 6.07) is 6.96. The third kappa shape index (κ3) is 5.96. The second-order valence-corrected chi connectivity index (χ2v) is 6.50. The minimum Gasteiger partial charge on any atom is -0.492 e. The van der Waals surface area contributed by atoms with Crippen LogP contribution in [0.15, 0.2) is 28.7 Å². The number of rotatable bonds is 7. The fourth-order valence-corrected chi connectivity index (χ4v) is 2.81. The third-order valence-corrected chi connectivity index (χ3v) is 4.45. The molecule has 1 amide bonds. The van der Waals surface area contributed by atoms with Gasteiger partial charge in [-0.15, -0.1) is 12.4 Å². The molecule has 1 atom stereocenters. The topological polar surface area (TPSA) is 70.1 Å². The van der Waals surface area contributed by atoms with E-state index in [9.17, 15) is 9.59 Å². The SMILES string of the molecule is CN(CCOc1ccc(Br)cc1)C(=O)CN1CCCC1C(=O)O.Cl. The van der Waals surface area contributed by atoms with E-state index >= 15 is 0 Å². The Morgan fingerprint density at radius 3 is 2.67 bits per heavy atom. The van der Waals surface area contributed by atoms with Crippen molar-refractivity contribution in [1.82, 2.24) is 9.80 Å². The van der Waals surface area contributed by atoms with Crippen molar-refractivity contribution in [3.8, 4) is 5.75 Å². The zero-order chi connectivity index (χ0) is 16.8. The third-order valence-electron chi connectivity index (χ3n) is 3.92. The number of carbonyl (C=O) groups is 2. The summed E-state index contributed by atoms with van der Waals surface area (Å²) in [5, 5.41) is 9.13. The van der Waals surface area contributed by atoms with E-state index in [2.05, 4.69) is 15.9 Å². The molecule has 0 saturated carbocycles. The molecule has 134 valence electrons. The van der Waals surface area contributed by atoms with Crippen LogP contribution < -0.4 is 4.74 Å². The van der Waals surface area contributed by atoms with Crippen LogP contribution in [0, 0.1) is 0 Å². The van der Waals surface area contributed by atoms with Gasteiger partial charge in [0.25, 0.3) is 0 Å². The second kappa shape index (κ2) is 9.86. The fraction of sp³-hybridized carbons (Fsp3) is 0.500. The number of halogens is 2. The molecular formula is C16H22BrClN2O4. The summed E-state index contributed by atoms with van der Waals surface area (Å²) in [5.74, 6) is -0.186. The highest BCUT2D eigenvalue weighted by atomic mass is 79.9. The van der Waals surface area contributed by atoms with Gasteiger partial charge in [-0.1, -0.05) is 15.9 Å². The van der Waals surface area contributed by atoms with Crippen LogP contribution in [0.2, 0.25) is 0 Å². The number of amides is 1. The Labute approximate surface area is 156 Å². The van der Waals surface area contributed by atoms with Crippen LogP contribution in [0.25, 0.3) is 0 Å². The number of carboxylic acid groups (broad SMARTS) is 1. The molecule has 1 aromatic rings. The molecule has 1 heterocycles. The first kappa shape index (κ1) is 20.7. The minimum absolute atomic E-state index is 0. The van der Waals surface area contributed by atoms with Crippen molar-refractivity contribution >= 4 is 40.2 Å².